The van der Waals surface area contributed by atoms with E-state index in [0.717, 1.165) is 4.90 Å². The SMILES string of the molecule is COc1ccc(CN(Cc2ccc(OC)cc2)c2c(F)c(F)c(S(C)(=O)=O)c(F)c2F)cc1. The Kier molecular flexibility index (Phi) is 7.16. The highest BCUT2D eigenvalue weighted by molar-refractivity contribution is 7.90. The average molecular weight is 483 g/mol. The zero-order valence-electron chi connectivity index (χ0n) is 18.0. The van der Waals surface area contributed by atoms with E-state index in [1.54, 1.807) is 48.5 Å². The number of halogens is 4. The van der Waals surface area contributed by atoms with Crippen LogP contribution in [-0.2, 0) is 22.9 Å². The number of anilines is 1. The number of sulfone groups is 1. The molecule has 10 heteroatoms. The molecule has 0 aliphatic heterocycles. The van der Waals surface area contributed by atoms with Crippen molar-refractivity contribution >= 4 is 15.5 Å². The lowest BCUT2D eigenvalue weighted by Gasteiger charge is -2.27. The predicted molar refractivity (Wildman–Crippen MR) is 115 cm³/mol. The van der Waals surface area contributed by atoms with Crippen LogP contribution in [0.2, 0.25) is 0 Å². The van der Waals surface area contributed by atoms with Crippen LogP contribution in [0, 0.1) is 23.3 Å². The van der Waals surface area contributed by atoms with Crippen LogP contribution in [0.4, 0.5) is 23.2 Å². The van der Waals surface area contributed by atoms with Gasteiger partial charge >= 0.3 is 0 Å². The second-order valence-electron chi connectivity index (χ2n) is 7.26. The van der Waals surface area contributed by atoms with Crippen LogP contribution in [0.15, 0.2) is 53.4 Å². The standard InChI is InChI=1S/C23H21F4NO4S/c1-31-16-8-4-14(5-9-16)12-28(13-15-6-10-17(32-2)11-7-15)22-18(24)20(26)23(33(3,29)30)21(27)19(22)25/h4-11H,12-13H2,1-3H3. The molecular weight excluding hydrogens is 462 g/mol. The first-order valence-corrected chi connectivity index (χ1v) is 11.5. The summed E-state index contributed by atoms with van der Waals surface area (Å²) in [5, 5.41) is 0. The molecule has 5 nitrogen and oxygen atoms in total. The van der Waals surface area contributed by atoms with Gasteiger partial charge in [0.25, 0.3) is 0 Å². The van der Waals surface area contributed by atoms with Crippen molar-refractivity contribution in [2.45, 2.75) is 18.0 Å². The molecule has 0 saturated carbocycles. The third-order valence-corrected chi connectivity index (χ3v) is 6.05. The summed E-state index contributed by atoms with van der Waals surface area (Å²) in [4.78, 5) is -0.554. The molecule has 0 aliphatic rings. The van der Waals surface area contributed by atoms with E-state index in [9.17, 15) is 26.0 Å². The maximum atomic E-state index is 15.0. The van der Waals surface area contributed by atoms with Gasteiger partial charge in [-0.25, -0.2) is 26.0 Å². The first-order valence-electron chi connectivity index (χ1n) is 9.63. The molecule has 3 aromatic rings. The van der Waals surface area contributed by atoms with E-state index >= 15 is 0 Å². The fraction of sp³-hybridized carbons (Fsp3) is 0.217. The van der Waals surface area contributed by atoms with Crippen LogP contribution < -0.4 is 14.4 Å². The summed E-state index contributed by atoms with van der Waals surface area (Å²) in [5.41, 5.74) is 0.122. The van der Waals surface area contributed by atoms with E-state index in [4.69, 9.17) is 9.47 Å². The molecule has 0 saturated heterocycles. The summed E-state index contributed by atoms with van der Waals surface area (Å²) >= 11 is 0. The van der Waals surface area contributed by atoms with Gasteiger partial charge < -0.3 is 14.4 Å². The highest BCUT2D eigenvalue weighted by Gasteiger charge is 2.33. The molecule has 0 aromatic heterocycles. The molecule has 0 fully saturated rings. The molecule has 0 aliphatic carbocycles. The van der Waals surface area contributed by atoms with Crippen LogP contribution >= 0.6 is 0 Å². The molecule has 0 radical (unpaired) electrons. The molecule has 33 heavy (non-hydrogen) atoms. The summed E-state index contributed by atoms with van der Waals surface area (Å²) in [5.74, 6) is -6.44. The maximum Gasteiger partial charge on any atom is 0.186 e. The van der Waals surface area contributed by atoms with Crippen molar-refractivity contribution in [3.63, 3.8) is 0 Å². The topological polar surface area (TPSA) is 55.8 Å². The van der Waals surface area contributed by atoms with Crippen molar-refractivity contribution < 1.29 is 35.5 Å². The summed E-state index contributed by atoms with van der Waals surface area (Å²) in [6.45, 7) is -0.276. The monoisotopic (exact) mass is 483 g/mol. The lowest BCUT2D eigenvalue weighted by molar-refractivity contribution is 0.414. The Morgan fingerprint density at radius 3 is 1.36 bits per heavy atom. The van der Waals surface area contributed by atoms with E-state index in [2.05, 4.69) is 0 Å². The van der Waals surface area contributed by atoms with Gasteiger partial charge in [-0.2, -0.15) is 0 Å². The van der Waals surface area contributed by atoms with Crippen molar-refractivity contribution in [1.29, 1.82) is 0 Å². The van der Waals surface area contributed by atoms with E-state index in [0.29, 0.717) is 28.9 Å². The Morgan fingerprint density at radius 1 is 0.697 bits per heavy atom. The molecule has 176 valence electrons. The van der Waals surface area contributed by atoms with Gasteiger partial charge in [-0.15, -0.1) is 0 Å². The van der Waals surface area contributed by atoms with Gasteiger partial charge in [-0.1, -0.05) is 24.3 Å². The zero-order valence-corrected chi connectivity index (χ0v) is 18.8. The van der Waals surface area contributed by atoms with Crippen LogP contribution in [0.25, 0.3) is 0 Å². The molecule has 0 heterocycles. The lowest BCUT2D eigenvalue weighted by atomic mass is 10.1. The van der Waals surface area contributed by atoms with Crippen molar-refractivity contribution in [2.24, 2.45) is 0 Å². The lowest BCUT2D eigenvalue weighted by Crippen LogP contribution is -2.26. The molecular formula is C23H21F4NO4S. The van der Waals surface area contributed by atoms with Gasteiger partial charge in [-0.05, 0) is 35.4 Å². The Balaban J connectivity index is 2.13. The highest BCUT2D eigenvalue weighted by Crippen LogP contribution is 2.35. The maximum absolute atomic E-state index is 15.0. The minimum Gasteiger partial charge on any atom is -0.497 e. The summed E-state index contributed by atoms with van der Waals surface area (Å²) in [7, 11) is -1.61. The summed E-state index contributed by atoms with van der Waals surface area (Å²) in [6, 6.07) is 13.0. The van der Waals surface area contributed by atoms with Gasteiger partial charge in [-0.3, -0.25) is 0 Å². The molecule has 0 bridgehead atoms. The number of rotatable bonds is 8. The normalized spacial score (nSPS) is 11.4. The molecule has 0 amide bonds. The van der Waals surface area contributed by atoms with Gasteiger partial charge in [0.05, 0.1) is 14.2 Å². The smallest absolute Gasteiger partial charge is 0.186 e. The highest BCUT2D eigenvalue weighted by atomic mass is 32.2. The Morgan fingerprint density at radius 2 is 1.06 bits per heavy atom. The van der Waals surface area contributed by atoms with Crippen LogP contribution in [0.1, 0.15) is 11.1 Å². The van der Waals surface area contributed by atoms with Crippen molar-refractivity contribution in [1.82, 2.24) is 0 Å². The van der Waals surface area contributed by atoms with Gasteiger partial charge in [0.1, 0.15) is 22.1 Å². The fourth-order valence-electron chi connectivity index (χ4n) is 3.32. The predicted octanol–water partition coefficient (Wildman–Crippen LogP) is 4.87. The first kappa shape index (κ1) is 24.4. The fourth-order valence-corrected chi connectivity index (χ4v) is 4.15. The second-order valence-corrected chi connectivity index (χ2v) is 9.21. The molecule has 3 aromatic carbocycles. The van der Waals surface area contributed by atoms with Gasteiger partial charge in [0, 0.05) is 19.3 Å². The van der Waals surface area contributed by atoms with E-state index in [1.807, 2.05) is 0 Å². The zero-order chi connectivity index (χ0) is 24.3. The average Bonchev–Trinajstić information content (AvgIpc) is 2.78. The largest absolute Gasteiger partial charge is 0.497 e. The minimum absolute atomic E-state index is 0.138. The summed E-state index contributed by atoms with van der Waals surface area (Å²) in [6.07, 6.45) is 0.472. The number of hydrogen-bond acceptors (Lipinski definition) is 5. The Bertz CT molecular complexity index is 1170. The number of nitrogens with zero attached hydrogens (tertiary/aromatic N) is 1. The van der Waals surface area contributed by atoms with Crippen LogP contribution in [-0.4, -0.2) is 28.9 Å². The third kappa shape index (κ3) is 5.22. The summed E-state index contributed by atoms with van der Waals surface area (Å²) < 4.78 is 92.8. The minimum atomic E-state index is -4.56. The van der Waals surface area contributed by atoms with E-state index in [-0.39, 0.29) is 13.1 Å². The van der Waals surface area contributed by atoms with Crippen LogP contribution in [0.5, 0.6) is 11.5 Å². The third-order valence-electron chi connectivity index (χ3n) is 4.95. The van der Waals surface area contributed by atoms with E-state index < -0.39 is 43.7 Å². The van der Waals surface area contributed by atoms with E-state index in [1.165, 1.54) is 14.2 Å². The number of methoxy groups -OCH3 is 2. The molecule has 0 unspecified atom stereocenters. The van der Waals surface area contributed by atoms with Gasteiger partial charge in [0.15, 0.2) is 33.1 Å². The quantitative estimate of drug-likeness (QED) is 0.338. The number of hydrogen-bond donors (Lipinski definition) is 0. The van der Waals surface area contributed by atoms with Crippen LogP contribution in [0.3, 0.4) is 0 Å². The van der Waals surface area contributed by atoms with Crippen molar-refractivity contribution in [3.05, 3.63) is 82.9 Å². The first-order chi connectivity index (χ1) is 15.6. The molecule has 0 atom stereocenters. The van der Waals surface area contributed by atoms with Crippen molar-refractivity contribution in [2.75, 3.05) is 25.4 Å². The van der Waals surface area contributed by atoms with Gasteiger partial charge in [0.2, 0.25) is 0 Å². The number of ether oxygens (including phenoxy) is 2. The molecule has 3 rings (SSSR count). The molecule has 0 N–H and O–H groups in total. The Labute approximate surface area is 189 Å². The molecule has 0 spiro atoms. The number of benzene rings is 3. The second kappa shape index (κ2) is 9.70. The van der Waals surface area contributed by atoms with Crippen molar-refractivity contribution in [3.8, 4) is 11.5 Å². The Hall–Kier alpha value is -3.27.